The van der Waals surface area contributed by atoms with Crippen LogP contribution in [-0.2, 0) is 17.9 Å². The summed E-state index contributed by atoms with van der Waals surface area (Å²) < 4.78 is 0. The Bertz CT molecular complexity index is 632. The van der Waals surface area contributed by atoms with Gasteiger partial charge < -0.3 is 5.32 Å². The molecule has 1 saturated carbocycles. The number of hydrogen-bond acceptors (Lipinski definition) is 4. The summed E-state index contributed by atoms with van der Waals surface area (Å²) in [7, 11) is 0. The van der Waals surface area contributed by atoms with E-state index in [1.165, 1.54) is 5.56 Å². The van der Waals surface area contributed by atoms with Gasteiger partial charge in [0.05, 0.1) is 0 Å². The topological polar surface area (TPSA) is 75.5 Å². The predicted molar refractivity (Wildman–Crippen MR) is 87.6 cm³/mol. The van der Waals surface area contributed by atoms with Crippen LogP contribution in [0.15, 0.2) is 18.2 Å². The van der Waals surface area contributed by atoms with Crippen molar-refractivity contribution in [1.29, 1.82) is 0 Å². The Kier molecular flexibility index (Phi) is 4.35. The molecule has 3 atom stereocenters. The molecule has 6 heteroatoms. The lowest BCUT2D eigenvalue weighted by Gasteiger charge is -2.23. The van der Waals surface area contributed by atoms with Gasteiger partial charge in [-0.05, 0) is 30.5 Å². The maximum absolute atomic E-state index is 12.2. The third kappa shape index (κ3) is 3.22. The van der Waals surface area contributed by atoms with Crippen LogP contribution in [0.1, 0.15) is 44.2 Å². The van der Waals surface area contributed by atoms with Crippen LogP contribution in [0.25, 0.3) is 0 Å². The fourth-order valence-corrected chi connectivity index (χ4v) is 3.40. The molecule has 2 aliphatic rings. The molecule has 1 heterocycles. The summed E-state index contributed by atoms with van der Waals surface area (Å²) in [4.78, 5) is 25.0. The molecule has 1 N–H and O–H groups in total. The first-order valence-electron chi connectivity index (χ1n) is 8.30. The summed E-state index contributed by atoms with van der Waals surface area (Å²) in [5.74, 6) is -0.697. The van der Waals surface area contributed by atoms with E-state index >= 15 is 0 Å². The number of benzene rings is 1. The quantitative estimate of drug-likeness (QED) is 0.646. The van der Waals surface area contributed by atoms with E-state index < -0.39 is 12.0 Å². The van der Waals surface area contributed by atoms with Crippen molar-refractivity contribution in [2.24, 2.45) is 5.92 Å². The number of nitrogens with one attached hydrogen (secondary N) is 1. The molecular formula is C17H23N3O3. The Morgan fingerprint density at radius 1 is 1.48 bits per heavy atom. The number of anilines is 1. The summed E-state index contributed by atoms with van der Waals surface area (Å²) in [5.41, 5.74) is 3.21. The Balaban J connectivity index is 1.69. The summed E-state index contributed by atoms with van der Waals surface area (Å²) in [6.07, 6.45) is 2.66. The van der Waals surface area contributed by atoms with Crippen LogP contribution < -0.4 is 5.32 Å². The number of carbonyl (C=O) groups is 1. The van der Waals surface area contributed by atoms with Crippen LogP contribution in [0.3, 0.4) is 0 Å². The van der Waals surface area contributed by atoms with Gasteiger partial charge in [0.25, 0.3) is 0 Å². The van der Waals surface area contributed by atoms with Crippen molar-refractivity contribution < 1.29 is 9.72 Å². The molecular weight excluding hydrogens is 294 g/mol. The zero-order chi connectivity index (χ0) is 16.6. The molecule has 6 nitrogen and oxygen atoms in total. The van der Waals surface area contributed by atoms with Crippen molar-refractivity contribution in [2.45, 2.75) is 58.3 Å². The van der Waals surface area contributed by atoms with Gasteiger partial charge in [-0.25, -0.2) is 0 Å². The average molecular weight is 317 g/mol. The molecule has 0 radical (unpaired) electrons. The normalized spacial score (nSPS) is 24.1. The zero-order valence-corrected chi connectivity index (χ0v) is 13.6. The molecule has 0 saturated heterocycles. The number of hydrogen-bond donors (Lipinski definition) is 1. The molecule has 0 spiro atoms. The Labute approximate surface area is 136 Å². The minimum atomic E-state index is -0.701. The van der Waals surface area contributed by atoms with E-state index in [1.807, 2.05) is 12.1 Å². The molecule has 0 bridgehead atoms. The van der Waals surface area contributed by atoms with Crippen LogP contribution in [0.2, 0.25) is 0 Å². The van der Waals surface area contributed by atoms with Gasteiger partial charge in [-0.3, -0.25) is 19.8 Å². The lowest BCUT2D eigenvalue weighted by molar-refractivity contribution is -0.497. The first-order chi connectivity index (χ1) is 11.0. The largest absolute Gasteiger partial charge is 0.325 e. The summed E-state index contributed by atoms with van der Waals surface area (Å²) in [6, 6.07) is 5.75. The SMILES string of the molecule is CCC[C@H](C)N1Cc2cccc(NC(=O)[C@H]3C[C@@H]3[N+](=O)[O-])c2C1. The molecule has 3 rings (SSSR count). The van der Waals surface area contributed by atoms with Crippen molar-refractivity contribution in [3.8, 4) is 0 Å². The Hall–Kier alpha value is -1.95. The van der Waals surface area contributed by atoms with Crippen LogP contribution in [0.5, 0.6) is 0 Å². The molecule has 124 valence electrons. The second-order valence-corrected chi connectivity index (χ2v) is 6.67. The van der Waals surface area contributed by atoms with Gasteiger partial charge in [-0.1, -0.05) is 25.5 Å². The summed E-state index contributed by atoms with van der Waals surface area (Å²) in [6.45, 7) is 6.16. The van der Waals surface area contributed by atoms with E-state index in [0.717, 1.165) is 37.2 Å². The van der Waals surface area contributed by atoms with E-state index in [0.29, 0.717) is 12.5 Å². The third-order valence-corrected chi connectivity index (χ3v) is 4.96. The van der Waals surface area contributed by atoms with Gasteiger partial charge >= 0.3 is 0 Å². The van der Waals surface area contributed by atoms with Gasteiger partial charge in [0.15, 0.2) is 0 Å². The van der Waals surface area contributed by atoms with Gasteiger partial charge in [-0.2, -0.15) is 0 Å². The summed E-state index contributed by atoms with van der Waals surface area (Å²) >= 11 is 0. The first-order valence-corrected chi connectivity index (χ1v) is 8.30. The van der Waals surface area contributed by atoms with Crippen molar-refractivity contribution in [3.63, 3.8) is 0 Å². The molecule has 1 aliphatic carbocycles. The van der Waals surface area contributed by atoms with E-state index in [4.69, 9.17) is 0 Å². The van der Waals surface area contributed by atoms with Gasteiger partial charge in [0.1, 0.15) is 5.92 Å². The highest BCUT2D eigenvalue weighted by atomic mass is 16.6. The maximum atomic E-state index is 12.2. The molecule has 23 heavy (non-hydrogen) atoms. The predicted octanol–water partition coefficient (Wildman–Crippen LogP) is 2.79. The van der Waals surface area contributed by atoms with E-state index in [2.05, 4.69) is 30.1 Å². The minimum Gasteiger partial charge on any atom is -0.325 e. The average Bonchev–Trinajstić information content (AvgIpc) is 3.20. The van der Waals surface area contributed by atoms with Crippen molar-refractivity contribution in [3.05, 3.63) is 39.4 Å². The number of amides is 1. The molecule has 1 amide bonds. The van der Waals surface area contributed by atoms with Crippen molar-refractivity contribution in [2.75, 3.05) is 5.32 Å². The standard InChI is InChI=1S/C17H23N3O3/c1-3-5-11(2)19-9-12-6-4-7-15(14(12)10-19)18-17(21)13-8-16(13)20(22)23/h4,6-7,11,13,16H,3,5,8-10H2,1-2H3,(H,18,21)/t11-,13-,16-/m0/s1. The van der Waals surface area contributed by atoms with Crippen LogP contribution in [0, 0.1) is 16.0 Å². The summed E-state index contributed by atoms with van der Waals surface area (Å²) in [5, 5.41) is 13.6. The third-order valence-electron chi connectivity index (χ3n) is 4.96. The van der Waals surface area contributed by atoms with E-state index in [9.17, 15) is 14.9 Å². The molecule has 1 aliphatic heterocycles. The maximum Gasteiger partial charge on any atom is 0.234 e. The smallest absolute Gasteiger partial charge is 0.234 e. The fourth-order valence-electron chi connectivity index (χ4n) is 3.40. The molecule has 1 aromatic carbocycles. The van der Waals surface area contributed by atoms with Crippen LogP contribution in [-0.4, -0.2) is 27.8 Å². The second-order valence-electron chi connectivity index (χ2n) is 6.67. The number of fused-ring (bicyclic) bond motifs is 1. The number of carbonyl (C=O) groups excluding carboxylic acids is 1. The lowest BCUT2D eigenvalue weighted by Crippen LogP contribution is -2.27. The highest BCUT2D eigenvalue weighted by Crippen LogP contribution is 2.36. The van der Waals surface area contributed by atoms with Gasteiger partial charge in [-0.15, -0.1) is 0 Å². The number of nitrogens with zero attached hydrogens (tertiary/aromatic N) is 2. The number of nitro groups is 1. The Morgan fingerprint density at radius 3 is 2.91 bits per heavy atom. The monoisotopic (exact) mass is 317 g/mol. The fraction of sp³-hybridized carbons (Fsp3) is 0.588. The number of rotatable bonds is 6. The van der Waals surface area contributed by atoms with Crippen molar-refractivity contribution >= 4 is 11.6 Å². The van der Waals surface area contributed by atoms with Gasteiger partial charge in [0.2, 0.25) is 11.9 Å². The first kappa shape index (κ1) is 15.9. The van der Waals surface area contributed by atoms with Crippen LogP contribution >= 0.6 is 0 Å². The van der Waals surface area contributed by atoms with E-state index in [-0.39, 0.29) is 10.8 Å². The van der Waals surface area contributed by atoms with Crippen molar-refractivity contribution in [1.82, 2.24) is 4.90 Å². The molecule has 0 aromatic heterocycles. The Morgan fingerprint density at radius 2 is 2.26 bits per heavy atom. The second kappa shape index (κ2) is 6.28. The minimum absolute atomic E-state index is 0.222. The molecule has 1 aromatic rings. The zero-order valence-electron chi connectivity index (χ0n) is 13.6. The van der Waals surface area contributed by atoms with E-state index in [1.54, 1.807) is 0 Å². The van der Waals surface area contributed by atoms with Crippen LogP contribution in [0.4, 0.5) is 5.69 Å². The lowest BCUT2D eigenvalue weighted by atomic mass is 10.1. The highest BCUT2D eigenvalue weighted by molar-refractivity contribution is 5.95. The van der Waals surface area contributed by atoms with Gasteiger partial charge in [0, 0.05) is 36.2 Å². The highest BCUT2D eigenvalue weighted by Gasteiger charge is 2.53. The molecule has 0 unspecified atom stereocenters. The molecule has 1 fully saturated rings.